The Morgan fingerprint density at radius 2 is 1.69 bits per heavy atom. The minimum absolute atomic E-state index is 0.254. The zero-order valence-corrected chi connectivity index (χ0v) is 18.3. The van der Waals surface area contributed by atoms with E-state index in [1.165, 1.54) is 11.3 Å². The Morgan fingerprint density at radius 1 is 1.07 bits per heavy atom. The number of esters is 1. The standard InChI is InChI=1S/C22H29NO5S/c1-11(2)28-22(27)18-14-7-5-6-8-17(14)29-20(18)23-19(24)15-9-12(3)13(4)10-16(15)21(25)26/h11,15-16H,5-10H2,1-4H3,(H,23,24)(H,25,26)/t15-,16-/m1/s1. The zero-order valence-electron chi connectivity index (χ0n) is 17.5. The second-order valence-corrected chi connectivity index (χ2v) is 9.48. The molecule has 0 saturated heterocycles. The molecule has 1 amide bonds. The molecule has 2 aliphatic carbocycles. The van der Waals surface area contributed by atoms with Crippen molar-refractivity contribution in [3.05, 3.63) is 27.2 Å². The molecule has 0 aliphatic heterocycles. The first-order valence-corrected chi connectivity index (χ1v) is 11.0. The Kier molecular flexibility index (Phi) is 6.46. The van der Waals surface area contributed by atoms with E-state index in [1.807, 2.05) is 13.8 Å². The van der Waals surface area contributed by atoms with E-state index in [0.29, 0.717) is 23.4 Å². The Labute approximate surface area is 175 Å². The first-order valence-electron chi connectivity index (χ1n) is 10.2. The van der Waals surface area contributed by atoms with Gasteiger partial charge in [-0.1, -0.05) is 11.1 Å². The number of carboxylic acid groups (broad SMARTS) is 1. The minimum Gasteiger partial charge on any atom is -0.481 e. The second kappa shape index (κ2) is 8.69. The maximum absolute atomic E-state index is 13.1. The van der Waals surface area contributed by atoms with Gasteiger partial charge in [-0.3, -0.25) is 9.59 Å². The Hall–Kier alpha value is -2.15. The maximum Gasteiger partial charge on any atom is 0.341 e. The van der Waals surface area contributed by atoms with Crippen LogP contribution in [-0.2, 0) is 27.2 Å². The molecule has 7 heteroatoms. The molecule has 1 aromatic rings. The fourth-order valence-electron chi connectivity index (χ4n) is 4.18. The number of carboxylic acids is 1. The van der Waals surface area contributed by atoms with Crippen molar-refractivity contribution in [3.8, 4) is 0 Å². The maximum atomic E-state index is 13.1. The second-order valence-electron chi connectivity index (χ2n) is 8.38. The van der Waals surface area contributed by atoms with Crippen LogP contribution in [0.3, 0.4) is 0 Å². The number of aryl methyl sites for hydroxylation is 1. The van der Waals surface area contributed by atoms with Crippen LogP contribution in [0.2, 0.25) is 0 Å². The average molecular weight is 420 g/mol. The number of rotatable bonds is 5. The normalized spacial score (nSPS) is 21.7. The van der Waals surface area contributed by atoms with Crippen molar-refractivity contribution in [1.82, 2.24) is 0 Å². The molecule has 0 saturated carbocycles. The van der Waals surface area contributed by atoms with E-state index in [1.54, 1.807) is 13.8 Å². The van der Waals surface area contributed by atoms with Crippen LogP contribution in [0.1, 0.15) is 74.2 Å². The molecular weight excluding hydrogens is 390 g/mol. The number of ether oxygens (including phenoxy) is 1. The van der Waals surface area contributed by atoms with Crippen LogP contribution >= 0.6 is 11.3 Å². The van der Waals surface area contributed by atoms with Crippen molar-refractivity contribution in [3.63, 3.8) is 0 Å². The first kappa shape index (κ1) is 21.6. The van der Waals surface area contributed by atoms with Gasteiger partial charge in [-0.05, 0) is 71.8 Å². The van der Waals surface area contributed by atoms with Crippen LogP contribution in [0.15, 0.2) is 11.1 Å². The largest absolute Gasteiger partial charge is 0.481 e. The van der Waals surface area contributed by atoms with Crippen molar-refractivity contribution in [2.45, 2.75) is 72.3 Å². The van der Waals surface area contributed by atoms with Crippen molar-refractivity contribution in [2.24, 2.45) is 11.8 Å². The summed E-state index contributed by atoms with van der Waals surface area (Å²) in [6, 6.07) is 0. The molecule has 3 rings (SSSR count). The molecule has 0 spiro atoms. The molecule has 158 valence electrons. The van der Waals surface area contributed by atoms with E-state index in [4.69, 9.17) is 4.74 Å². The smallest absolute Gasteiger partial charge is 0.341 e. The van der Waals surface area contributed by atoms with Gasteiger partial charge in [-0.2, -0.15) is 0 Å². The highest BCUT2D eigenvalue weighted by Gasteiger charge is 2.38. The third-order valence-corrected chi connectivity index (χ3v) is 7.08. The highest BCUT2D eigenvalue weighted by Crippen LogP contribution is 2.40. The van der Waals surface area contributed by atoms with Crippen molar-refractivity contribution in [1.29, 1.82) is 0 Å². The van der Waals surface area contributed by atoms with Crippen molar-refractivity contribution < 1.29 is 24.2 Å². The number of carbonyl (C=O) groups excluding carboxylic acids is 2. The number of carbonyl (C=O) groups is 3. The average Bonchev–Trinajstić information content (AvgIpc) is 3.00. The molecule has 2 atom stereocenters. The van der Waals surface area contributed by atoms with Gasteiger partial charge in [0, 0.05) is 4.88 Å². The molecule has 29 heavy (non-hydrogen) atoms. The molecule has 0 bridgehead atoms. The number of aliphatic carboxylic acids is 1. The molecule has 0 aromatic carbocycles. The summed E-state index contributed by atoms with van der Waals surface area (Å²) in [5.74, 6) is -3.10. The van der Waals surface area contributed by atoms with Crippen LogP contribution < -0.4 is 5.32 Å². The highest BCUT2D eigenvalue weighted by atomic mass is 32.1. The summed E-state index contributed by atoms with van der Waals surface area (Å²) in [6.07, 6.45) is 4.30. The van der Waals surface area contributed by atoms with E-state index in [9.17, 15) is 19.5 Å². The van der Waals surface area contributed by atoms with Crippen molar-refractivity contribution >= 4 is 34.2 Å². The minimum atomic E-state index is -0.957. The molecule has 1 heterocycles. The first-order chi connectivity index (χ1) is 13.7. The molecule has 0 unspecified atom stereocenters. The van der Waals surface area contributed by atoms with Crippen LogP contribution in [-0.4, -0.2) is 29.1 Å². The molecule has 1 aromatic heterocycles. The van der Waals surface area contributed by atoms with Gasteiger partial charge >= 0.3 is 11.9 Å². The lowest BCUT2D eigenvalue weighted by molar-refractivity contribution is -0.146. The summed E-state index contributed by atoms with van der Waals surface area (Å²) in [6.45, 7) is 7.47. The van der Waals surface area contributed by atoms with E-state index in [0.717, 1.165) is 47.3 Å². The fraction of sp³-hybridized carbons (Fsp3) is 0.591. The molecule has 6 nitrogen and oxygen atoms in total. The molecular formula is C22H29NO5S. The molecule has 2 N–H and O–H groups in total. The van der Waals surface area contributed by atoms with E-state index < -0.39 is 23.8 Å². The Balaban J connectivity index is 1.91. The van der Waals surface area contributed by atoms with E-state index >= 15 is 0 Å². The number of fused-ring (bicyclic) bond motifs is 1. The highest BCUT2D eigenvalue weighted by molar-refractivity contribution is 7.17. The van der Waals surface area contributed by atoms with Gasteiger partial charge in [0.05, 0.1) is 23.5 Å². The van der Waals surface area contributed by atoms with Gasteiger partial charge in [-0.15, -0.1) is 11.3 Å². The number of amides is 1. The number of hydrogen-bond donors (Lipinski definition) is 2. The summed E-state index contributed by atoms with van der Waals surface area (Å²) in [4.78, 5) is 38.7. The number of nitrogens with one attached hydrogen (secondary N) is 1. The van der Waals surface area contributed by atoms with Crippen LogP contribution in [0, 0.1) is 11.8 Å². The summed E-state index contributed by atoms with van der Waals surface area (Å²) in [5.41, 5.74) is 3.53. The topological polar surface area (TPSA) is 92.7 Å². The van der Waals surface area contributed by atoms with E-state index in [2.05, 4.69) is 5.32 Å². The van der Waals surface area contributed by atoms with Gasteiger partial charge < -0.3 is 15.2 Å². The number of hydrogen-bond acceptors (Lipinski definition) is 5. The lowest BCUT2D eigenvalue weighted by Crippen LogP contribution is -2.36. The number of allylic oxidation sites excluding steroid dienone is 2. The third kappa shape index (κ3) is 4.55. The predicted molar refractivity (Wildman–Crippen MR) is 112 cm³/mol. The van der Waals surface area contributed by atoms with Gasteiger partial charge in [-0.25, -0.2) is 4.79 Å². The lowest BCUT2D eigenvalue weighted by atomic mass is 9.76. The summed E-state index contributed by atoms with van der Waals surface area (Å²) >= 11 is 1.43. The van der Waals surface area contributed by atoms with Gasteiger partial charge in [0.1, 0.15) is 5.00 Å². The van der Waals surface area contributed by atoms with Gasteiger partial charge in [0.25, 0.3) is 0 Å². The summed E-state index contributed by atoms with van der Waals surface area (Å²) in [5, 5.41) is 13.0. The van der Waals surface area contributed by atoms with Gasteiger partial charge in [0.15, 0.2) is 0 Å². The predicted octanol–water partition coefficient (Wildman–Crippen LogP) is 4.58. The number of anilines is 1. The number of thiophene rings is 1. The van der Waals surface area contributed by atoms with Crippen LogP contribution in [0.25, 0.3) is 0 Å². The lowest BCUT2D eigenvalue weighted by Gasteiger charge is -2.29. The van der Waals surface area contributed by atoms with Crippen LogP contribution in [0.5, 0.6) is 0 Å². The van der Waals surface area contributed by atoms with E-state index in [-0.39, 0.29) is 12.0 Å². The Morgan fingerprint density at radius 3 is 2.31 bits per heavy atom. The molecule has 0 radical (unpaired) electrons. The van der Waals surface area contributed by atoms with Gasteiger partial charge in [0.2, 0.25) is 5.91 Å². The van der Waals surface area contributed by atoms with Crippen LogP contribution in [0.4, 0.5) is 5.00 Å². The Bertz CT molecular complexity index is 867. The third-order valence-electron chi connectivity index (χ3n) is 5.88. The zero-order chi connectivity index (χ0) is 21.3. The monoisotopic (exact) mass is 419 g/mol. The molecule has 2 aliphatic rings. The molecule has 0 fully saturated rings. The van der Waals surface area contributed by atoms with Crippen molar-refractivity contribution in [2.75, 3.05) is 5.32 Å². The SMILES string of the molecule is CC1=C(C)C[C@@H](C(=O)Nc2sc3c(c2C(=O)OC(C)C)CCCC3)[C@H](C(=O)O)C1. The fourth-order valence-corrected chi connectivity index (χ4v) is 5.46. The summed E-state index contributed by atoms with van der Waals surface area (Å²) < 4.78 is 5.43. The quantitative estimate of drug-likeness (QED) is 0.538. The summed E-state index contributed by atoms with van der Waals surface area (Å²) in [7, 11) is 0.